The second-order valence-corrected chi connectivity index (χ2v) is 5.25. The summed E-state index contributed by atoms with van der Waals surface area (Å²) < 4.78 is 12.7. The van der Waals surface area contributed by atoms with Crippen LogP contribution in [0.3, 0.4) is 0 Å². The molecule has 120 valence electrons. The normalized spacial score (nSPS) is 10.9. The van der Waals surface area contributed by atoms with E-state index in [-0.39, 0.29) is 0 Å². The molecule has 6 heteroatoms. The van der Waals surface area contributed by atoms with Crippen molar-refractivity contribution in [3.05, 3.63) is 54.7 Å². The maximum atomic E-state index is 5.47. The molecule has 2 aromatic heterocycles. The SMILES string of the molecule is COc1cccc(OC)c1-c1nc2c(cnn2-c2ccccc2)[nH]1. The average Bonchev–Trinajstić information content (AvgIpc) is 3.22. The van der Waals surface area contributed by atoms with E-state index < -0.39 is 0 Å². The molecule has 2 heterocycles. The molecule has 2 aromatic carbocycles. The van der Waals surface area contributed by atoms with Crippen LogP contribution in [0, 0.1) is 0 Å². The molecule has 0 saturated carbocycles. The summed E-state index contributed by atoms with van der Waals surface area (Å²) >= 11 is 0. The van der Waals surface area contributed by atoms with Gasteiger partial charge in [0.2, 0.25) is 0 Å². The minimum atomic E-state index is 0.682. The maximum absolute atomic E-state index is 5.47. The Labute approximate surface area is 138 Å². The number of hydrogen-bond donors (Lipinski definition) is 1. The number of rotatable bonds is 4. The number of benzene rings is 2. The second kappa shape index (κ2) is 5.73. The monoisotopic (exact) mass is 320 g/mol. The zero-order valence-electron chi connectivity index (χ0n) is 13.4. The Morgan fingerprint density at radius 2 is 1.62 bits per heavy atom. The number of methoxy groups -OCH3 is 2. The van der Waals surface area contributed by atoms with Crippen LogP contribution in [0.4, 0.5) is 0 Å². The molecule has 24 heavy (non-hydrogen) atoms. The zero-order chi connectivity index (χ0) is 16.5. The third-order valence-corrected chi connectivity index (χ3v) is 3.88. The molecule has 6 nitrogen and oxygen atoms in total. The zero-order valence-corrected chi connectivity index (χ0v) is 13.4. The Morgan fingerprint density at radius 3 is 2.29 bits per heavy atom. The summed E-state index contributed by atoms with van der Waals surface area (Å²) in [5, 5.41) is 4.41. The van der Waals surface area contributed by atoms with Crippen LogP contribution < -0.4 is 9.47 Å². The Hall–Kier alpha value is -3.28. The number of H-pyrrole nitrogens is 1. The van der Waals surface area contributed by atoms with E-state index in [0.717, 1.165) is 22.4 Å². The standard InChI is InChI=1S/C18H16N4O2/c1-23-14-9-6-10-15(24-2)16(14)17-20-13-11-19-22(18(13)21-17)12-7-4-3-5-8-12/h3-11H,1-2H3,(H,20,21). The molecular formula is C18H16N4O2. The van der Waals surface area contributed by atoms with Crippen LogP contribution in [0.15, 0.2) is 54.7 Å². The smallest absolute Gasteiger partial charge is 0.181 e. The van der Waals surface area contributed by atoms with E-state index in [9.17, 15) is 0 Å². The first-order chi connectivity index (χ1) is 11.8. The Morgan fingerprint density at radius 1 is 0.917 bits per heavy atom. The number of imidazole rings is 1. The molecule has 4 aromatic rings. The molecule has 1 N–H and O–H groups in total. The van der Waals surface area contributed by atoms with Gasteiger partial charge in [-0.1, -0.05) is 24.3 Å². The van der Waals surface area contributed by atoms with Crippen LogP contribution in [0.5, 0.6) is 11.5 Å². The quantitative estimate of drug-likeness (QED) is 0.625. The van der Waals surface area contributed by atoms with Crippen LogP contribution in [-0.2, 0) is 0 Å². The largest absolute Gasteiger partial charge is 0.496 e. The third-order valence-electron chi connectivity index (χ3n) is 3.88. The van der Waals surface area contributed by atoms with Crippen LogP contribution in [0.25, 0.3) is 28.2 Å². The van der Waals surface area contributed by atoms with Crippen molar-refractivity contribution in [1.82, 2.24) is 19.7 Å². The van der Waals surface area contributed by atoms with Gasteiger partial charge < -0.3 is 14.5 Å². The van der Waals surface area contributed by atoms with Gasteiger partial charge in [-0.2, -0.15) is 5.10 Å². The predicted molar refractivity (Wildman–Crippen MR) is 91.8 cm³/mol. The maximum Gasteiger partial charge on any atom is 0.181 e. The summed E-state index contributed by atoms with van der Waals surface area (Å²) in [6.45, 7) is 0. The lowest BCUT2D eigenvalue weighted by atomic mass is 10.1. The van der Waals surface area contributed by atoms with Gasteiger partial charge >= 0.3 is 0 Å². The molecule has 0 saturated heterocycles. The van der Waals surface area contributed by atoms with Crippen molar-refractivity contribution in [3.63, 3.8) is 0 Å². The van der Waals surface area contributed by atoms with Gasteiger partial charge in [-0.05, 0) is 24.3 Å². The van der Waals surface area contributed by atoms with Gasteiger partial charge in [0.05, 0.1) is 26.1 Å². The molecule has 0 aliphatic rings. The molecule has 0 spiro atoms. The number of aromatic nitrogens is 4. The molecule has 0 radical (unpaired) electrons. The van der Waals surface area contributed by atoms with Crippen molar-refractivity contribution < 1.29 is 9.47 Å². The molecular weight excluding hydrogens is 304 g/mol. The summed E-state index contributed by atoms with van der Waals surface area (Å²) in [4.78, 5) is 8.02. The van der Waals surface area contributed by atoms with Crippen LogP contribution >= 0.6 is 0 Å². The van der Waals surface area contributed by atoms with E-state index in [2.05, 4.69) is 10.1 Å². The summed E-state index contributed by atoms with van der Waals surface area (Å²) in [7, 11) is 3.26. The number of ether oxygens (including phenoxy) is 2. The van der Waals surface area contributed by atoms with E-state index >= 15 is 0 Å². The minimum Gasteiger partial charge on any atom is -0.496 e. The Kier molecular flexibility index (Phi) is 3.42. The van der Waals surface area contributed by atoms with Crippen molar-refractivity contribution in [2.75, 3.05) is 14.2 Å². The van der Waals surface area contributed by atoms with E-state index in [1.54, 1.807) is 25.1 Å². The molecule has 0 unspecified atom stereocenters. The first kappa shape index (κ1) is 14.3. The van der Waals surface area contributed by atoms with Crippen LogP contribution in [0.1, 0.15) is 0 Å². The van der Waals surface area contributed by atoms with Gasteiger partial charge in [-0.15, -0.1) is 0 Å². The second-order valence-electron chi connectivity index (χ2n) is 5.25. The van der Waals surface area contributed by atoms with Crippen LogP contribution in [0.2, 0.25) is 0 Å². The van der Waals surface area contributed by atoms with Crippen molar-refractivity contribution in [1.29, 1.82) is 0 Å². The Balaban J connectivity index is 1.90. The van der Waals surface area contributed by atoms with Crippen molar-refractivity contribution in [2.45, 2.75) is 0 Å². The highest BCUT2D eigenvalue weighted by Crippen LogP contribution is 2.37. The lowest BCUT2D eigenvalue weighted by Crippen LogP contribution is -1.97. The highest BCUT2D eigenvalue weighted by atomic mass is 16.5. The predicted octanol–water partition coefficient (Wildman–Crippen LogP) is 3.43. The lowest BCUT2D eigenvalue weighted by Gasteiger charge is -2.10. The first-order valence-electron chi connectivity index (χ1n) is 7.52. The van der Waals surface area contributed by atoms with Gasteiger partial charge in [0.1, 0.15) is 28.4 Å². The summed E-state index contributed by atoms with van der Waals surface area (Å²) in [6.07, 6.45) is 1.76. The molecule has 4 rings (SSSR count). The van der Waals surface area contributed by atoms with E-state index in [0.29, 0.717) is 17.3 Å². The number of para-hydroxylation sites is 1. The number of hydrogen-bond acceptors (Lipinski definition) is 4. The fourth-order valence-electron chi connectivity index (χ4n) is 2.76. The first-order valence-corrected chi connectivity index (χ1v) is 7.52. The van der Waals surface area contributed by atoms with E-state index in [1.807, 2.05) is 48.5 Å². The Bertz CT molecular complexity index is 967. The molecule has 0 fully saturated rings. The van der Waals surface area contributed by atoms with Crippen molar-refractivity contribution >= 4 is 11.2 Å². The lowest BCUT2D eigenvalue weighted by molar-refractivity contribution is 0.397. The summed E-state index contributed by atoms with van der Waals surface area (Å²) in [6, 6.07) is 15.5. The van der Waals surface area contributed by atoms with Crippen molar-refractivity contribution in [3.8, 4) is 28.6 Å². The topological polar surface area (TPSA) is 65.0 Å². The fourth-order valence-corrected chi connectivity index (χ4v) is 2.76. The number of aromatic amines is 1. The van der Waals surface area contributed by atoms with Gasteiger partial charge in [0, 0.05) is 0 Å². The number of nitrogens with one attached hydrogen (secondary N) is 1. The van der Waals surface area contributed by atoms with Gasteiger partial charge in [-0.3, -0.25) is 0 Å². The van der Waals surface area contributed by atoms with Gasteiger partial charge in [0.25, 0.3) is 0 Å². The molecule has 0 aliphatic carbocycles. The van der Waals surface area contributed by atoms with Gasteiger partial charge in [-0.25, -0.2) is 9.67 Å². The van der Waals surface area contributed by atoms with Crippen LogP contribution in [-0.4, -0.2) is 34.0 Å². The summed E-state index contributed by atoms with van der Waals surface area (Å²) in [5.74, 6) is 2.08. The molecule has 0 aliphatic heterocycles. The van der Waals surface area contributed by atoms with E-state index in [1.165, 1.54) is 0 Å². The van der Waals surface area contributed by atoms with E-state index in [4.69, 9.17) is 14.5 Å². The van der Waals surface area contributed by atoms with Crippen molar-refractivity contribution in [2.24, 2.45) is 0 Å². The summed E-state index contributed by atoms with van der Waals surface area (Å²) in [5.41, 5.74) is 3.35. The number of fused-ring (bicyclic) bond motifs is 1. The number of nitrogens with zero attached hydrogens (tertiary/aromatic N) is 3. The molecule has 0 amide bonds. The third kappa shape index (κ3) is 2.20. The highest BCUT2D eigenvalue weighted by molar-refractivity contribution is 5.81. The van der Waals surface area contributed by atoms with Gasteiger partial charge in [0.15, 0.2) is 5.65 Å². The average molecular weight is 320 g/mol. The fraction of sp³-hybridized carbons (Fsp3) is 0.111. The molecule has 0 atom stereocenters. The highest BCUT2D eigenvalue weighted by Gasteiger charge is 2.18. The minimum absolute atomic E-state index is 0.682. The molecule has 0 bridgehead atoms.